The summed E-state index contributed by atoms with van der Waals surface area (Å²) in [7, 11) is 5.74. The summed E-state index contributed by atoms with van der Waals surface area (Å²) in [5.74, 6) is 0.854. The summed E-state index contributed by atoms with van der Waals surface area (Å²) in [5, 5.41) is 0. The Labute approximate surface area is 147 Å². The molecular weight excluding hydrogens is 318 g/mol. The third kappa shape index (κ3) is 3.39. The number of furan rings is 1. The Morgan fingerprint density at radius 3 is 2.68 bits per heavy atom. The molecule has 0 aromatic carbocycles. The molecule has 0 fully saturated rings. The number of Topliss-reactive ketones (excluding diaryl/α,β-unsaturated/α-hetero) is 1. The van der Waals surface area contributed by atoms with Gasteiger partial charge in [-0.3, -0.25) is 9.59 Å². The summed E-state index contributed by atoms with van der Waals surface area (Å²) < 4.78 is 5.47. The van der Waals surface area contributed by atoms with Crippen molar-refractivity contribution >= 4 is 11.7 Å². The number of carbonyl (C=O) groups excluding carboxylic acids is 2. The number of hydrogen-bond donors (Lipinski definition) is 1. The minimum absolute atomic E-state index is 0.0301. The normalized spacial score (nSPS) is 17.0. The predicted molar refractivity (Wildman–Crippen MR) is 95.1 cm³/mol. The van der Waals surface area contributed by atoms with Crippen LogP contribution in [0.3, 0.4) is 0 Å². The van der Waals surface area contributed by atoms with Crippen molar-refractivity contribution in [2.45, 2.75) is 25.7 Å². The van der Waals surface area contributed by atoms with Gasteiger partial charge in [0.15, 0.2) is 5.78 Å². The van der Waals surface area contributed by atoms with Gasteiger partial charge >= 0.3 is 0 Å². The number of nitrogens with zero attached hydrogens (tertiary/aromatic N) is 2. The molecule has 2 heterocycles. The summed E-state index contributed by atoms with van der Waals surface area (Å²) in [6, 6.07) is 3.74. The van der Waals surface area contributed by atoms with Crippen molar-refractivity contribution in [1.82, 2.24) is 14.8 Å². The Balaban J connectivity index is 1.84. The molecule has 0 aliphatic heterocycles. The highest BCUT2D eigenvalue weighted by atomic mass is 16.3. The molecule has 6 heteroatoms. The third-order valence-corrected chi connectivity index (χ3v) is 4.88. The zero-order chi connectivity index (χ0) is 18.1. The van der Waals surface area contributed by atoms with E-state index < -0.39 is 0 Å². The molecule has 0 saturated carbocycles. The van der Waals surface area contributed by atoms with Crippen LogP contribution < -0.4 is 0 Å². The third-order valence-electron chi connectivity index (χ3n) is 4.88. The van der Waals surface area contributed by atoms with E-state index in [2.05, 4.69) is 4.98 Å². The van der Waals surface area contributed by atoms with E-state index in [0.29, 0.717) is 30.6 Å². The molecule has 0 bridgehead atoms. The number of amides is 1. The van der Waals surface area contributed by atoms with Gasteiger partial charge in [0.05, 0.1) is 6.26 Å². The lowest BCUT2D eigenvalue weighted by Gasteiger charge is -2.19. The summed E-state index contributed by atoms with van der Waals surface area (Å²) in [4.78, 5) is 32.4. The number of likely N-dealkylation sites (N-methyl/N-ethyl adjacent to an activating group) is 2. The van der Waals surface area contributed by atoms with Crippen LogP contribution in [0.25, 0.3) is 0 Å². The number of aromatic nitrogens is 1. The highest BCUT2D eigenvalue weighted by molar-refractivity contribution is 6.04. The Morgan fingerprint density at radius 1 is 1.28 bits per heavy atom. The second-order valence-corrected chi connectivity index (χ2v) is 7.05. The number of nitrogens with one attached hydrogen (secondary N) is 1. The van der Waals surface area contributed by atoms with Crippen molar-refractivity contribution < 1.29 is 14.0 Å². The molecule has 6 nitrogen and oxygen atoms in total. The Bertz CT molecular complexity index is 774. The van der Waals surface area contributed by atoms with Crippen LogP contribution in [0.5, 0.6) is 0 Å². The largest absolute Gasteiger partial charge is 0.469 e. The van der Waals surface area contributed by atoms with Crippen LogP contribution in [-0.2, 0) is 6.42 Å². The molecule has 0 radical (unpaired) electrons. The standard InChI is InChI=1S/C19H25N3O3/c1-12-17-14(10-13(11-15(17)23)16-6-5-9-25-16)20-18(12)19(24)22(4)8-7-21(2)3/h5-6,9,13,20H,7-8,10-11H2,1-4H3. The van der Waals surface area contributed by atoms with Crippen LogP contribution in [0.4, 0.5) is 0 Å². The van der Waals surface area contributed by atoms with Crippen molar-refractivity contribution in [1.29, 1.82) is 0 Å². The topological polar surface area (TPSA) is 69.6 Å². The van der Waals surface area contributed by atoms with Gasteiger partial charge in [0.1, 0.15) is 11.5 Å². The molecule has 134 valence electrons. The van der Waals surface area contributed by atoms with E-state index in [9.17, 15) is 9.59 Å². The minimum Gasteiger partial charge on any atom is -0.469 e. The Kier molecular flexibility index (Phi) is 4.81. The number of rotatable bonds is 5. The van der Waals surface area contributed by atoms with Gasteiger partial charge in [0.2, 0.25) is 0 Å². The number of aromatic amines is 1. The molecule has 1 aliphatic carbocycles. The average molecular weight is 343 g/mol. The highest BCUT2D eigenvalue weighted by Gasteiger charge is 2.33. The molecule has 1 atom stereocenters. The van der Waals surface area contributed by atoms with E-state index in [1.807, 2.05) is 38.1 Å². The van der Waals surface area contributed by atoms with Crippen molar-refractivity contribution in [2.24, 2.45) is 0 Å². The van der Waals surface area contributed by atoms with E-state index in [1.54, 1.807) is 18.2 Å². The van der Waals surface area contributed by atoms with Crippen LogP contribution in [0.1, 0.15) is 50.2 Å². The predicted octanol–water partition coefficient (Wildman–Crippen LogP) is 2.46. The van der Waals surface area contributed by atoms with Crippen molar-refractivity contribution in [3.63, 3.8) is 0 Å². The molecule has 0 spiro atoms. The lowest BCUT2D eigenvalue weighted by atomic mass is 9.84. The molecule has 2 aromatic heterocycles. The first-order valence-corrected chi connectivity index (χ1v) is 8.56. The van der Waals surface area contributed by atoms with Crippen LogP contribution in [0.2, 0.25) is 0 Å². The summed E-state index contributed by atoms with van der Waals surface area (Å²) in [6.07, 6.45) is 2.73. The molecule has 1 amide bonds. The maximum atomic E-state index is 12.8. The molecule has 1 aliphatic rings. The number of ketones is 1. The summed E-state index contributed by atoms with van der Waals surface area (Å²) in [6.45, 7) is 3.28. The fourth-order valence-corrected chi connectivity index (χ4v) is 3.41. The minimum atomic E-state index is -0.0731. The van der Waals surface area contributed by atoms with E-state index in [4.69, 9.17) is 4.42 Å². The number of fused-ring (bicyclic) bond motifs is 1. The van der Waals surface area contributed by atoms with Gasteiger partial charge in [-0.15, -0.1) is 0 Å². The van der Waals surface area contributed by atoms with E-state index in [1.165, 1.54) is 0 Å². The average Bonchev–Trinajstić information content (AvgIpc) is 3.20. The van der Waals surface area contributed by atoms with Crippen LogP contribution in [-0.4, -0.2) is 60.7 Å². The lowest BCUT2D eigenvalue weighted by Crippen LogP contribution is -2.34. The number of hydrogen-bond acceptors (Lipinski definition) is 4. The molecule has 1 N–H and O–H groups in total. The Morgan fingerprint density at radius 2 is 2.04 bits per heavy atom. The number of H-pyrrole nitrogens is 1. The smallest absolute Gasteiger partial charge is 0.270 e. The van der Waals surface area contributed by atoms with Crippen LogP contribution in [0, 0.1) is 6.92 Å². The maximum absolute atomic E-state index is 12.8. The van der Waals surface area contributed by atoms with Crippen molar-refractivity contribution in [2.75, 3.05) is 34.2 Å². The van der Waals surface area contributed by atoms with Gasteiger partial charge in [-0.2, -0.15) is 0 Å². The Hall–Kier alpha value is -2.34. The second kappa shape index (κ2) is 6.88. The van der Waals surface area contributed by atoms with Crippen LogP contribution in [0.15, 0.2) is 22.8 Å². The molecule has 0 saturated heterocycles. The van der Waals surface area contributed by atoms with Crippen molar-refractivity contribution in [3.8, 4) is 0 Å². The van der Waals surface area contributed by atoms with E-state index in [-0.39, 0.29) is 17.6 Å². The molecule has 1 unspecified atom stereocenters. The van der Waals surface area contributed by atoms with Gasteiger partial charge in [-0.25, -0.2) is 0 Å². The first-order valence-electron chi connectivity index (χ1n) is 8.56. The summed E-state index contributed by atoms with van der Waals surface area (Å²) in [5.41, 5.74) is 2.82. The van der Waals surface area contributed by atoms with Gasteiger partial charge in [-0.05, 0) is 45.1 Å². The lowest BCUT2D eigenvalue weighted by molar-refractivity contribution is 0.0780. The fraction of sp³-hybridized carbons (Fsp3) is 0.474. The number of carbonyl (C=O) groups is 2. The zero-order valence-electron chi connectivity index (χ0n) is 15.3. The molecule has 3 rings (SSSR count). The molecule has 25 heavy (non-hydrogen) atoms. The molecule has 2 aromatic rings. The van der Waals surface area contributed by atoms with E-state index >= 15 is 0 Å². The monoisotopic (exact) mass is 343 g/mol. The fourth-order valence-electron chi connectivity index (χ4n) is 3.41. The SMILES string of the molecule is Cc1c(C(=O)N(C)CCN(C)C)[nH]c2c1C(=O)CC(c1ccco1)C2. The van der Waals surface area contributed by atoms with Gasteiger partial charge in [0, 0.05) is 43.7 Å². The quantitative estimate of drug-likeness (QED) is 0.905. The second-order valence-electron chi connectivity index (χ2n) is 7.05. The van der Waals surface area contributed by atoms with Crippen LogP contribution >= 0.6 is 0 Å². The van der Waals surface area contributed by atoms with Gasteiger partial charge < -0.3 is 19.2 Å². The van der Waals surface area contributed by atoms with E-state index in [0.717, 1.165) is 23.6 Å². The first kappa shape index (κ1) is 17.5. The van der Waals surface area contributed by atoms with Gasteiger partial charge in [0.25, 0.3) is 5.91 Å². The van der Waals surface area contributed by atoms with Gasteiger partial charge in [-0.1, -0.05) is 0 Å². The summed E-state index contributed by atoms with van der Waals surface area (Å²) >= 11 is 0. The first-order chi connectivity index (χ1) is 11.9. The molecular formula is C19H25N3O3. The highest BCUT2D eigenvalue weighted by Crippen LogP contribution is 2.35. The zero-order valence-corrected chi connectivity index (χ0v) is 15.3. The maximum Gasteiger partial charge on any atom is 0.270 e. The van der Waals surface area contributed by atoms with Crippen molar-refractivity contribution in [3.05, 3.63) is 46.7 Å².